The smallest absolute Gasteiger partial charge is 0.243 e. The zero-order chi connectivity index (χ0) is 19.6. The van der Waals surface area contributed by atoms with Crippen LogP contribution in [0.5, 0.6) is 0 Å². The Morgan fingerprint density at radius 1 is 0.923 bits per heavy atom. The van der Waals surface area contributed by atoms with Crippen molar-refractivity contribution in [2.75, 3.05) is 18.9 Å². The molecule has 0 radical (unpaired) electrons. The van der Waals surface area contributed by atoms with Gasteiger partial charge in [-0.15, -0.1) is 0 Å². The van der Waals surface area contributed by atoms with Crippen LogP contribution in [0.4, 0.5) is 5.69 Å². The first-order chi connectivity index (χ1) is 12.0. The van der Waals surface area contributed by atoms with E-state index in [2.05, 4.69) is 5.32 Å². The van der Waals surface area contributed by atoms with Crippen LogP contribution in [-0.2, 0) is 14.8 Å². The molecule has 0 aliphatic rings. The molecule has 2 rings (SSSR count). The van der Waals surface area contributed by atoms with Gasteiger partial charge in [-0.25, -0.2) is 8.42 Å². The van der Waals surface area contributed by atoms with Crippen LogP contribution >= 0.6 is 0 Å². The number of nitrogens with one attached hydrogen (secondary N) is 1. The molecule has 2 aromatic rings. The molecule has 0 atom stereocenters. The lowest BCUT2D eigenvalue weighted by Crippen LogP contribution is -2.35. The van der Waals surface area contributed by atoms with Gasteiger partial charge in [0.2, 0.25) is 15.9 Å². The molecular weight excluding hydrogens is 348 g/mol. The van der Waals surface area contributed by atoms with Gasteiger partial charge in [0.15, 0.2) is 0 Å². The molecule has 26 heavy (non-hydrogen) atoms. The van der Waals surface area contributed by atoms with Crippen LogP contribution in [0.2, 0.25) is 0 Å². The van der Waals surface area contributed by atoms with Gasteiger partial charge in [-0.3, -0.25) is 4.79 Å². The summed E-state index contributed by atoms with van der Waals surface area (Å²) in [5.74, 6) is -0.366. The van der Waals surface area contributed by atoms with Crippen LogP contribution in [0.15, 0.2) is 35.2 Å². The van der Waals surface area contributed by atoms with Gasteiger partial charge in [0.1, 0.15) is 0 Å². The summed E-state index contributed by atoms with van der Waals surface area (Å²) in [4.78, 5) is 12.6. The Morgan fingerprint density at radius 2 is 1.50 bits per heavy atom. The second-order valence-corrected chi connectivity index (χ2v) is 8.87. The molecule has 0 aromatic heterocycles. The van der Waals surface area contributed by atoms with E-state index in [1.54, 1.807) is 18.2 Å². The van der Waals surface area contributed by atoms with Crippen molar-refractivity contribution in [3.05, 3.63) is 58.1 Å². The van der Waals surface area contributed by atoms with Gasteiger partial charge in [-0.05, 0) is 69.0 Å². The van der Waals surface area contributed by atoms with Crippen LogP contribution in [0.25, 0.3) is 0 Å². The lowest BCUT2D eigenvalue weighted by molar-refractivity contribution is -0.116. The first-order valence-corrected chi connectivity index (χ1v) is 9.87. The van der Waals surface area contributed by atoms with Crippen molar-refractivity contribution in [2.45, 2.75) is 39.5 Å². The summed E-state index contributed by atoms with van der Waals surface area (Å²) in [5, 5.41) is 2.84. The largest absolute Gasteiger partial charge is 0.324 e. The first kappa shape index (κ1) is 20.1. The van der Waals surface area contributed by atoms with Crippen LogP contribution in [-0.4, -0.2) is 32.2 Å². The SMILES string of the molecule is Cc1cc(C)c(NC(=O)CN(C)S(=O)(=O)c2ccc(C)c(C)c2)c(C)c1. The molecule has 1 amide bonds. The summed E-state index contributed by atoms with van der Waals surface area (Å²) < 4.78 is 26.5. The molecule has 0 fully saturated rings. The molecule has 2 aromatic carbocycles. The highest BCUT2D eigenvalue weighted by Crippen LogP contribution is 2.22. The van der Waals surface area contributed by atoms with Crippen molar-refractivity contribution in [3.8, 4) is 0 Å². The first-order valence-electron chi connectivity index (χ1n) is 8.43. The number of aryl methyl sites for hydroxylation is 5. The molecule has 0 unspecified atom stereocenters. The number of sulfonamides is 1. The number of benzene rings is 2. The minimum absolute atomic E-state index is 0.193. The predicted octanol–water partition coefficient (Wildman–Crippen LogP) is 3.49. The maximum Gasteiger partial charge on any atom is 0.243 e. The molecule has 0 aliphatic heterocycles. The molecule has 5 nitrogen and oxygen atoms in total. The summed E-state index contributed by atoms with van der Waals surface area (Å²) in [6, 6.07) is 8.94. The molecule has 0 saturated carbocycles. The second kappa shape index (κ2) is 7.60. The summed E-state index contributed by atoms with van der Waals surface area (Å²) in [5.41, 5.74) is 5.68. The average Bonchev–Trinajstić information content (AvgIpc) is 2.53. The van der Waals surface area contributed by atoms with Crippen LogP contribution in [0.1, 0.15) is 27.8 Å². The molecule has 140 valence electrons. The van der Waals surface area contributed by atoms with E-state index in [9.17, 15) is 13.2 Å². The lowest BCUT2D eigenvalue weighted by atomic mass is 10.1. The van der Waals surface area contributed by atoms with E-state index in [1.165, 1.54) is 7.05 Å². The second-order valence-electron chi connectivity index (χ2n) is 6.83. The number of carbonyl (C=O) groups excluding carboxylic acids is 1. The van der Waals surface area contributed by atoms with Gasteiger partial charge in [-0.1, -0.05) is 23.8 Å². The van der Waals surface area contributed by atoms with E-state index in [0.29, 0.717) is 0 Å². The van der Waals surface area contributed by atoms with Crippen molar-refractivity contribution in [3.63, 3.8) is 0 Å². The lowest BCUT2D eigenvalue weighted by Gasteiger charge is -2.19. The number of anilines is 1. The highest BCUT2D eigenvalue weighted by atomic mass is 32.2. The highest BCUT2D eigenvalue weighted by molar-refractivity contribution is 7.89. The molecular formula is C20H26N2O3S. The number of amides is 1. The number of nitrogens with zero attached hydrogens (tertiary/aromatic N) is 1. The molecule has 0 bridgehead atoms. The van der Waals surface area contributed by atoms with Crippen molar-refractivity contribution >= 4 is 21.6 Å². The Hall–Kier alpha value is -2.18. The Balaban J connectivity index is 2.17. The van der Waals surface area contributed by atoms with Gasteiger partial charge in [0, 0.05) is 12.7 Å². The van der Waals surface area contributed by atoms with Crippen molar-refractivity contribution in [1.29, 1.82) is 0 Å². The standard InChI is InChI=1S/C20H26N2O3S/c1-13-9-16(4)20(17(5)10-13)21-19(23)12-22(6)26(24,25)18-8-7-14(2)15(3)11-18/h7-11H,12H2,1-6H3,(H,21,23). The molecule has 0 saturated heterocycles. The van der Waals surface area contributed by atoms with Crippen LogP contribution < -0.4 is 5.32 Å². The molecule has 6 heteroatoms. The molecule has 0 spiro atoms. The normalized spacial score (nSPS) is 11.7. The third-order valence-corrected chi connectivity index (χ3v) is 6.29. The monoisotopic (exact) mass is 374 g/mol. The fourth-order valence-corrected chi connectivity index (χ4v) is 4.11. The number of hydrogen-bond acceptors (Lipinski definition) is 3. The number of rotatable bonds is 5. The topological polar surface area (TPSA) is 66.5 Å². The van der Waals surface area contributed by atoms with Gasteiger partial charge in [0.25, 0.3) is 0 Å². The fourth-order valence-electron chi connectivity index (χ4n) is 2.90. The summed E-state index contributed by atoms with van der Waals surface area (Å²) in [7, 11) is -2.30. The molecule has 0 aliphatic carbocycles. The summed E-state index contributed by atoms with van der Waals surface area (Å²) in [6.45, 7) is 9.38. The number of hydrogen-bond donors (Lipinski definition) is 1. The van der Waals surface area contributed by atoms with Crippen LogP contribution in [0, 0.1) is 34.6 Å². The Bertz CT molecular complexity index is 927. The zero-order valence-corrected chi connectivity index (χ0v) is 17.0. The zero-order valence-electron chi connectivity index (χ0n) is 16.2. The minimum Gasteiger partial charge on any atom is -0.324 e. The Labute approximate surface area is 156 Å². The quantitative estimate of drug-likeness (QED) is 0.871. The third-order valence-electron chi connectivity index (χ3n) is 4.49. The average molecular weight is 375 g/mol. The molecule has 1 N–H and O–H groups in total. The van der Waals surface area contributed by atoms with Gasteiger partial charge in [-0.2, -0.15) is 4.31 Å². The highest BCUT2D eigenvalue weighted by Gasteiger charge is 2.23. The van der Waals surface area contributed by atoms with Crippen molar-refractivity contribution in [2.24, 2.45) is 0 Å². The number of likely N-dealkylation sites (N-methyl/N-ethyl adjacent to an activating group) is 1. The van der Waals surface area contributed by atoms with E-state index < -0.39 is 10.0 Å². The fraction of sp³-hybridized carbons (Fsp3) is 0.350. The van der Waals surface area contributed by atoms with Gasteiger partial charge >= 0.3 is 0 Å². The Morgan fingerprint density at radius 3 is 2.04 bits per heavy atom. The van der Waals surface area contributed by atoms with Gasteiger partial charge in [0.05, 0.1) is 11.4 Å². The summed E-state index contributed by atoms with van der Waals surface area (Å²) >= 11 is 0. The maximum absolute atomic E-state index is 12.7. The van der Waals surface area contributed by atoms with E-state index in [1.807, 2.05) is 46.8 Å². The summed E-state index contributed by atoms with van der Waals surface area (Å²) in [6.07, 6.45) is 0. The van der Waals surface area contributed by atoms with Crippen molar-refractivity contribution < 1.29 is 13.2 Å². The van der Waals surface area contributed by atoms with Crippen LogP contribution in [0.3, 0.4) is 0 Å². The van der Waals surface area contributed by atoms with E-state index >= 15 is 0 Å². The minimum atomic E-state index is -3.72. The van der Waals surface area contributed by atoms with E-state index in [-0.39, 0.29) is 17.3 Å². The maximum atomic E-state index is 12.7. The molecule has 0 heterocycles. The Kier molecular flexibility index (Phi) is 5.88. The van der Waals surface area contributed by atoms with E-state index in [4.69, 9.17) is 0 Å². The third kappa shape index (κ3) is 4.31. The number of carbonyl (C=O) groups is 1. The van der Waals surface area contributed by atoms with Crippen molar-refractivity contribution in [1.82, 2.24) is 4.31 Å². The predicted molar refractivity (Wildman–Crippen MR) is 105 cm³/mol. The van der Waals surface area contributed by atoms with Gasteiger partial charge < -0.3 is 5.32 Å². The van der Waals surface area contributed by atoms with E-state index in [0.717, 1.165) is 37.8 Å².